The van der Waals surface area contributed by atoms with Crippen molar-refractivity contribution in [3.8, 4) is 6.07 Å². The topological polar surface area (TPSA) is 93.1 Å². The summed E-state index contributed by atoms with van der Waals surface area (Å²) in [6, 6.07) is 5.27. The first-order valence-electron chi connectivity index (χ1n) is 8.03. The van der Waals surface area contributed by atoms with Gasteiger partial charge in [-0.15, -0.1) is 0 Å². The molecule has 2 rings (SSSR count). The highest BCUT2D eigenvalue weighted by atomic mass is 16.5. The second-order valence-corrected chi connectivity index (χ2v) is 7.80. The first kappa shape index (κ1) is 18.7. The first-order chi connectivity index (χ1) is 11.5. The highest BCUT2D eigenvalue weighted by molar-refractivity contribution is 6.02. The lowest BCUT2D eigenvalue weighted by Gasteiger charge is -2.24. The Balaban J connectivity index is 2.14. The molecule has 25 heavy (non-hydrogen) atoms. The van der Waals surface area contributed by atoms with Crippen LogP contribution in [-0.4, -0.2) is 21.2 Å². The van der Waals surface area contributed by atoms with Crippen LogP contribution in [0.4, 0.5) is 5.82 Å². The summed E-state index contributed by atoms with van der Waals surface area (Å²) in [5.41, 5.74) is 0.0428. The monoisotopic (exact) mass is 344 g/mol. The molecule has 7 nitrogen and oxygen atoms in total. The van der Waals surface area contributed by atoms with Crippen molar-refractivity contribution in [1.29, 1.82) is 5.26 Å². The molecular weight excluding hydrogens is 320 g/mol. The molecule has 1 N–H and O–H groups in total. The second-order valence-electron chi connectivity index (χ2n) is 7.80. The molecule has 0 fully saturated rings. The Morgan fingerprint density at radius 3 is 2.56 bits per heavy atom. The number of rotatable bonds is 4. The van der Waals surface area contributed by atoms with Crippen molar-refractivity contribution < 1.29 is 14.1 Å². The molecule has 2 heterocycles. The summed E-state index contributed by atoms with van der Waals surface area (Å²) in [4.78, 5) is 12.4. The van der Waals surface area contributed by atoms with Crippen LogP contribution in [0.1, 0.15) is 63.4 Å². The van der Waals surface area contributed by atoms with Gasteiger partial charge in [-0.25, -0.2) is 0 Å². The smallest absolute Gasteiger partial charge is 0.278 e. The van der Waals surface area contributed by atoms with Gasteiger partial charge in [-0.05, 0) is 47.6 Å². The lowest BCUT2D eigenvalue weighted by Crippen LogP contribution is -2.25. The summed E-state index contributed by atoms with van der Waals surface area (Å²) in [6.45, 7) is 12.0. The van der Waals surface area contributed by atoms with Gasteiger partial charge >= 0.3 is 0 Å². The summed E-state index contributed by atoms with van der Waals surface area (Å²) in [5.74, 6) is 0.604. The number of anilines is 1. The van der Waals surface area contributed by atoms with Crippen molar-refractivity contribution in [2.24, 2.45) is 0 Å². The highest BCUT2D eigenvalue weighted by Gasteiger charge is 2.21. The van der Waals surface area contributed by atoms with Gasteiger partial charge < -0.3 is 19.1 Å². The van der Waals surface area contributed by atoms with Gasteiger partial charge in [-0.2, -0.15) is 5.26 Å². The fourth-order valence-electron chi connectivity index (χ4n) is 2.13. The Hall–Kier alpha value is -2.59. The Labute approximate surface area is 147 Å². The number of hydrogen-bond acceptors (Lipinski definition) is 5. The van der Waals surface area contributed by atoms with Gasteiger partial charge in [-0.3, -0.25) is 4.79 Å². The fraction of sp³-hybridized carbons (Fsp3) is 0.500. The number of ether oxygens (including phenoxy) is 1. The predicted molar refractivity (Wildman–Crippen MR) is 93.1 cm³/mol. The van der Waals surface area contributed by atoms with Crippen LogP contribution in [0.3, 0.4) is 0 Å². The molecule has 0 spiro atoms. The lowest BCUT2D eigenvalue weighted by molar-refractivity contribution is -0.0241. The molecule has 2 aromatic heterocycles. The molecule has 2 aromatic rings. The van der Waals surface area contributed by atoms with Crippen molar-refractivity contribution in [2.45, 2.75) is 59.3 Å². The van der Waals surface area contributed by atoms with E-state index >= 15 is 0 Å². The minimum Gasteiger partial charge on any atom is -0.368 e. The van der Waals surface area contributed by atoms with E-state index in [1.54, 1.807) is 18.3 Å². The van der Waals surface area contributed by atoms with E-state index in [1.165, 1.54) is 0 Å². The van der Waals surface area contributed by atoms with Crippen LogP contribution in [0.15, 0.2) is 22.9 Å². The minimum atomic E-state index is -0.404. The molecule has 0 aromatic carbocycles. The van der Waals surface area contributed by atoms with Gasteiger partial charge in [0.1, 0.15) is 18.5 Å². The van der Waals surface area contributed by atoms with E-state index in [9.17, 15) is 4.79 Å². The molecule has 0 unspecified atom stereocenters. The molecule has 7 heteroatoms. The molecule has 1 amide bonds. The maximum atomic E-state index is 12.4. The average molecular weight is 344 g/mol. The zero-order valence-corrected chi connectivity index (χ0v) is 15.5. The standard InChI is InChI=1S/C18H24N4O3/c1-17(2,3)22-10-12(9-19)7-15(22)20-16(23)14-8-13(25-21-14)11-24-18(4,5)6/h7-8,10H,11H2,1-6H3,(H,20,23). The number of hydrogen-bond donors (Lipinski definition) is 1. The number of carbonyl (C=O) groups is 1. The Morgan fingerprint density at radius 1 is 1.32 bits per heavy atom. The van der Waals surface area contributed by atoms with E-state index in [4.69, 9.17) is 14.5 Å². The van der Waals surface area contributed by atoms with Gasteiger partial charge in [0.2, 0.25) is 0 Å². The Bertz CT molecular complexity index is 798. The van der Waals surface area contributed by atoms with Crippen LogP contribution in [0.25, 0.3) is 0 Å². The second kappa shape index (κ2) is 6.73. The lowest BCUT2D eigenvalue weighted by atomic mass is 10.1. The first-order valence-corrected chi connectivity index (χ1v) is 8.03. The quantitative estimate of drug-likeness (QED) is 0.913. The number of amides is 1. The number of aromatic nitrogens is 2. The predicted octanol–water partition coefficient (Wildman–Crippen LogP) is 3.67. The van der Waals surface area contributed by atoms with E-state index in [2.05, 4.69) is 16.5 Å². The van der Waals surface area contributed by atoms with E-state index in [0.29, 0.717) is 17.1 Å². The molecule has 0 saturated carbocycles. The zero-order chi connectivity index (χ0) is 18.8. The number of nitriles is 1. The van der Waals surface area contributed by atoms with Gasteiger partial charge in [-0.1, -0.05) is 5.16 Å². The molecule has 134 valence electrons. The van der Waals surface area contributed by atoms with Gasteiger partial charge in [0.25, 0.3) is 5.91 Å². The van der Waals surface area contributed by atoms with Gasteiger partial charge in [0.05, 0.1) is 11.2 Å². The fourth-order valence-corrected chi connectivity index (χ4v) is 2.13. The van der Waals surface area contributed by atoms with Crippen molar-refractivity contribution in [3.63, 3.8) is 0 Å². The Morgan fingerprint density at radius 2 is 2.00 bits per heavy atom. The summed E-state index contributed by atoms with van der Waals surface area (Å²) in [6.07, 6.45) is 1.71. The number of carbonyl (C=O) groups excluding carboxylic acids is 1. The van der Waals surface area contributed by atoms with Gasteiger partial charge in [0, 0.05) is 17.8 Å². The van der Waals surface area contributed by atoms with Crippen LogP contribution in [0, 0.1) is 11.3 Å². The van der Waals surface area contributed by atoms with E-state index < -0.39 is 5.91 Å². The molecule has 0 radical (unpaired) electrons. The van der Waals surface area contributed by atoms with Crippen molar-refractivity contribution in [2.75, 3.05) is 5.32 Å². The molecule has 0 aliphatic heterocycles. The number of nitrogens with one attached hydrogen (secondary N) is 1. The summed E-state index contributed by atoms with van der Waals surface area (Å²) < 4.78 is 12.6. The Kier molecular flexibility index (Phi) is 5.04. The maximum Gasteiger partial charge on any atom is 0.278 e. The largest absolute Gasteiger partial charge is 0.368 e. The van der Waals surface area contributed by atoms with Crippen LogP contribution in [0.2, 0.25) is 0 Å². The van der Waals surface area contributed by atoms with Gasteiger partial charge in [0.15, 0.2) is 11.5 Å². The minimum absolute atomic E-state index is 0.160. The molecule has 0 atom stereocenters. The van der Waals surface area contributed by atoms with Crippen molar-refractivity contribution in [1.82, 2.24) is 9.72 Å². The summed E-state index contributed by atoms with van der Waals surface area (Å²) in [5, 5.41) is 15.7. The SMILES string of the molecule is CC(C)(C)OCc1cc(C(=O)Nc2cc(C#N)cn2C(C)(C)C)no1. The average Bonchev–Trinajstić information content (AvgIpc) is 3.10. The van der Waals surface area contributed by atoms with E-state index in [1.807, 2.05) is 46.1 Å². The molecular formula is C18H24N4O3. The number of nitrogens with zero attached hydrogens (tertiary/aromatic N) is 3. The third kappa shape index (κ3) is 4.94. The van der Waals surface area contributed by atoms with E-state index in [-0.39, 0.29) is 23.4 Å². The van der Waals surface area contributed by atoms with Crippen LogP contribution >= 0.6 is 0 Å². The highest BCUT2D eigenvalue weighted by Crippen LogP contribution is 2.24. The zero-order valence-electron chi connectivity index (χ0n) is 15.5. The van der Waals surface area contributed by atoms with E-state index in [0.717, 1.165) is 0 Å². The third-order valence-corrected chi connectivity index (χ3v) is 3.35. The van der Waals surface area contributed by atoms with Crippen molar-refractivity contribution >= 4 is 11.7 Å². The van der Waals surface area contributed by atoms with Crippen LogP contribution in [-0.2, 0) is 16.9 Å². The molecule has 0 aliphatic rings. The van der Waals surface area contributed by atoms with Crippen LogP contribution < -0.4 is 5.32 Å². The molecule has 0 saturated heterocycles. The third-order valence-electron chi connectivity index (χ3n) is 3.35. The van der Waals surface area contributed by atoms with Crippen LogP contribution in [0.5, 0.6) is 0 Å². The molecule has 0 aliphatic carbocycles. The molecule has 0 bridgehead atoms. The normalized spacial score (nSPS) is 12.0. The van der Waals surface area contributed by atoms with Crippen molar-refractivity contribution in [3.05, 3.63) is 35.3 Å². The summed E-state index contributed by atoms with van der Waals surface area (Å²) >= 11 is 0. The maximum absolute atomic E-state index is 12.4. The summed E-state index contributed by atoms with van der Waals surface area (Å²) in [7, 11) is 0.